The number of sulfone groups is 1. The van der Waals surface area contributed by atoms with Crippen molar-refractivity contribution in [2.75, 3.05) is 19.0 Å². The van der Waals surface area contributed by atoms with Crippen molar-refractivity contribution in [2.24, 2.45) is 0 Å². The first-order chi connectivity index (χ1) is 9.92. The summed E-state index contributed by atoms with van der Waals surface area (Å²) in [5.74, 6) is -1.25. The van der Waals surface area contributed by atoms with Crippen LogP contribution in [0, 0.1) is 0 Å². The molecule has 0 fully saturated rings. The lowest BCUT2D eigenvalue weighted by molar-refractivity contribution is 0.0695. The molecule has 1 N–H and O–H groups in total. The molecule has 118 valence electrons. The third-order valence-corrected chi connectivity index (χ3v) is 4.87. The molecule has 0 atom stereocenters. The van der Waals surface area contributed by atoms with Crippen LogP contribution < -0.4 is 0 Å². The number of ether oxygens (including phenoxy) is 1. The van der Waals surface area contributed by atoms with Crippen molar-refractivity contribution in [1.29, 1.82) is 0 Å². The highest BCUT2D eigenvalue weighted by Crippen LogP contribution is 2.18. The Labute approximate surface area is 125 Å². The van der Waals surface area contributed by atoms with E-state index in [4.69, 9.17) is 9.84 Å². The molecule has 0 saturated carbocycles. The summed E-state index contributed by atoms with van der Waals surface area (Å²) in [6, 6.07) is 4.27. The van der Waals surface area contributed by atoms with E-state index in [0.717, 1.165) is 12.8 Å². The van der Waals surface area contributed by atoms with Crippen molar-refractivity contribution in [3.8, 4) is 0 Å². The zero-order valence-corrected chi connectivity index (χ0v) is 13.3. The van der Waals surface area contributed by atoms with E-state index in [2.05, 4.69) is 0 Å². The monoisotopic (exact) mass is 314 g/mol. The predicted molar refractivity (Wildman–Crippen MR) is 80.6 cm³/mol. The summed E-state index contributed by atoms with van der Waals surface area (Å²) in [4.78, 5) is 11.2. The number of hydrogen-bond acceptors (Lipinski definition) is 4. The van der Waals surface area contributed by atoms with Gasteiger partial charge in [-0.2, -0.15) is 0 Å². The van der Waals surface area contributed by atoms with Crippen LogP contribution in [0.4, 0.5) is 0 Å². The topological polar surface area (TPSA) is 80.7 Å². The number of carboxylic acids is 1. The van der Waals surface area contributed by atoms with Gasteiger partial charge in [-0.1, -0.05) is 26.3 Å². The molecule has 5 nitrogen and oxygen atoms in total. The van der Waals surface area contributed by atoms with Gasteiger partial charge in [0.25, 0.3) is 0 Å². The van der Waals surface area contributed by atoms with E-state index < -0.39 is 15.8 Å². The lowest BCUT2D eigenvalue weighted by atomic mass is 10.1. The molecule has 1 aromatic rings. The van der Waals surface area contributed by atoms with Gasteiger partial charge in [-0.3, -0.25) is 0 Å². The van der Waals surface area contributed by atoms with Gasteiger partial charge in [-0.25, -0.2) is 13.2 Å². The first-order valence-corrected chi connectivity index (χ1v) is 8.74. The van der Waals surface area contributed by atoms with Gasteiger partial charge in [0.2, 0.25) is 0 Å². The molecule has 0 aliphatic heterocycles. The average Bonchev–Trinajstić information content (AvgIpc) is 2.46. The number of hydrogen-bond donors (Lipinski definition) is 1. The van der Waals surface area contributed by atoms with Gasteiger partial charge in [-0.05, 0) is 30.5 Å². The predicted octanol–water partition coefficient (Wildman–Crippen LogP) is 2.54. The van der Waals surface area contributed by atoms with Gasteiger partial charge in [0, 0.05) is 6.61 Å². The number of aryl methyl sites for hydroxylation is 1. The van der Waals surface area contributed by atoms with Gasteiger partial charge in [0.15, 0.2) is 9.84 Å². The third-order valence-electron chi connectivity index (χ3n) is 3.19. The Kier molecular flexibility index (Phi) is 6.84. The SMILES string of the molecule is CCCCOCCS(=O)(=O)c1ccc(CC)c(C(=O)O)c1. The van der Waals surface area contributed by atoms with E-state index >= 15 is 0 Å². The van der Waals surface area contributed by atoms with Crippen LogP contribution in [0.25, 0.3) is 0 Å². The Morgan fingerprint density at radius 1 is 1.24 bits per heavy atom. The lowest BCUT2D eigenvalue weighted by Crippen LogP contribution is -2.14. The van der Waals surface area contributed by atoms with Crippen LogP contribution in [0.5, 0.6) is 0 Å². The fraction of sp³-hybridized carbons (Fsp3) is 0.533. The van der Waals surface area contributed by atoms with E-state index in [1.165, 1.54) is 12.1 Å². The molecule has 0 amide bonds. The first kappa shape index (κ1) is 17.7. The van der Waals surface area contributed by atoms with Crippen LogP contribution in [0.3, 0.4) is 0 Å². The van der Waals surface area contributed by atoms with Gasteiger partial charge in [0.05, 0.1) is 22.8 Å². The largest absolute Gasteiger partial charge is 0.478 e. The van der Waals surface area contributed by atoms with Crippen LogP contribution in [0.15, 0.2) is 23.1 Å². The molecule has 0 radical (unpaired) electrons. The molecule has 6 heteroatoms. The number of carboxylic acid groups (broad SMARTS) is 1. The zero-order valence-electron chi connectivity index (χ0n) is 12.5. The smallest absolute Gasteiger partial charge is 0.336 e. The minimum absolute atomic E-state index is 0.0381. The van der Waals surface area contributed by atoms with Crippen LogP contribution >= 0.6 is 0 Å². The van der Waals surface area contributed by atoms with Gasteiger partial charge < -0.3 is 9.84 Å². The van der Waals surface area contributed by atoms with Crippen molar-refractivity contribution in [1.82, 2.24) is 0 Å². The number of rotatable bonds is 9. The van der Waals surface area contributed by atoms with E-state index in [1.54, 1.807) is 6.07 Å². The number of aromatic carboxylic acids is 1. The summed E-state index contributed by atoms with van der Waals surface area (Å²) >= 11 is 0. The molecule has 1 aromatic carbocycles. The normalized spacial score (nSPS) is 11.5. The average molecular weight is 314 g/mol. The molecule has 0 unspecified atom stereocenters. The molecular formula is C15H22O5S. The summed E-state index contributed by atoms with van der Waals surface area (Å²) in [6.07, 6.45) is 2.43. The quantitative estimate of drug-likeness (QED) is 0.708. The van der Waals surface area contributed by atoms with Gasteiger partial charge >= 0.3 is 5.97 Å². The Morgan fingerprint density at radius 3 is 2.52 bits per heavy atom. The zero-order chi connectivity index (χ0) is 15.9. The fourth-order valence-electron chi connectivity index (χ4n) is 1.89. The molecule has 21 heavy (non-hydrogen) atoms. The highest BCUT2D eigenvalue weighted by atomic mass is 32.2. The van der Waals surface area contributed by atoms with Crippen molar-refractivity contribution >= 4 is 15.8 Å². The molecule has 0 saturated heterocycles. The molecular weight excluding hydrogens is 292 g/mol. The highest BCUT2D eigenvalue weighted by Gasteiger charge is 2.18. The molecule has 0 aromatic heterocycles. The van der Waals surface area contributed by atoms with Crippen LogP contribution in [0.2, 0.25) is 0 Å². The lowest BCUT2D eigenvalue weighted by Gasteiger charge is -2.09. The van der Waals surface area contributed by atoms with E-state index in [1.807, 2.05) is 13.8 Å². The molecule has 0 bridgehead atoms. The standard InChI is InChI=1S/C15H22O5S/c1-3-5-8-20-9-10-21(18,19)13-7-6-12(4-2)14(11-13)15(16)17/h6-7,11H,3-5,8-10H2,1-2H3,(H,16,17). The second-order valence-electron chi connectivity index (χ2n) is 4.76. The Balaban J connectivity index is 2.83. The highest BCUT2D eigenvalue weighted by molar-refractivity contribution is 7.91. The van der Waals surface area contributed by atoms with Crippen molar-refractivity contribution in [3.05, 3.63) is 29.3 Å². The Bertz CT molecular complexity index is 578. The minimum atomic E-state index is -3.52. The molecule has 1 rings (SSSR count). The minimum Gasteiger partial charge on any atom is -0.478 e. The van der Waals surface area contributed by atoms with Crippen LogP contribution in [-0.2, 0) is 21.0 Å². The summed E-state index contributed by atoms with van der Waals surface area (Å²) in [5, 5.41) is 9.14. The van der Waals surface area contributed by atoms with E-state index in [-0.39, 0.29) is 22.8 Å². The number of benzene rings is 1. The van der Waals surface area contributed by atoms with Gasteiger partial charge in [0.1, 0.15) is 0 Å². The van der Waals surface area contributed by atoms with Crippen molar-refractivity contribution in [3.63, 3.8) is 0 Å². The van der Waals surface area contributed by atoms with E-state index in [9.17, 15) is 13.2 Å². The second-order valence-corrected chi connectivity index (χ2v) is 6.87. The second kappa shape index (κ2) is 8.14. The third kappa shape index (κ3) is 5.13. The van der Waals surface area contributed by atoms with Crippen molar-refractivity contribution < 1.29 is 23.1 Å². The summed E-state index contributed by atoms with van der Waals surface area (Å²) in [6.45, 7) is 4.53. The first-order valence-electron chi connectivity index (χ1n) is 7.09. The molecule has 0 aliphatic rings. The van der Waals surface area contributed by atoms with Crippen LogP contribution in [-0.4, -0.2) is 38.5 Å². The molecule has 0 spiro atoms. The van der Waals surface area contributed by atoms with Gasteiger partial charge in [-0.15, -0.1) is 0 Å². The Morgan fingerprint density at radius 2 is 1.95 bits per heavy atom. The maximum absolute atomic E-state index is 12.2. The summed E-state index contributed by atoms with van der Waals surface area (Å²) in [7, 11) is -3.52. The fourth-order valence-corrected chi connectivity index (χ4v) is 3.04. The summed E-state index contributed by atoms with van der Waals surface area (Å²) in [5.41, 5.74) is 0.672. The number of carbonyl (C=O) groups is 1. The summed E-state index contributed by atoms with van der Waals surface area (Å²) < 4.78 is 29.6. The maximum atomic E-state index is 12.2. The van der Waals surface area contributed by atoms with Crippen LogP contribution in [0.1, 0.15) is 42.6 Å². The maximum Gasteiger partial charge on any atom is 0.336 e. The molecule has 0 aliphatic carbocycles. The molecule has 0 heterocycles. The van der Waals surface area contributed by atoms with Crippen molar-refractivity contribution in [2.45, 2.75) is 38.0 Å². The van der Waals surface area contributed by atoms with E-state index in [0.29, 0.717) is 18.6 Å². The Hall–Kier alpha value is -1.40. The number of unbranched alkanes of at least 4 members (excludes halogenated alkanes) is 1.